The number of nitrogens with zero attached hydrogens (tertiary/aromatic N) is 1. The molecule has 0 aliphatic heterocycles. The van der Waals surface area contributed by atoms with Crippen LogP contribution in [0.25, 0.3) is 0 Å². The minimum absolute atomic E-state index is 0.102. The van der Waals surface area contributed by atoms with Crippen LogP contribution >= 0.6 is 0 Å². The van der Waals surface area contributed by atoms with Crippen LogP contribution in [-0.4, -0.2) is 38.1 Å². The van der Waals surface area contributed by atoms with Crippen molar-refractivity contribution < 1.29 is 18.0 Å². The molecule has 166 valence electrons. The molecule has 1 atom stereocenters. The van der Waals surface area contributed by atoms with Gasteiger partial charge >= 0.3 is 0 Å². The Balaban J connectivity index is 1.69. The van der Waals surface area contributed by atoms with Crippen LogP contribution in [-0.2, 0) is 14.8 Å². The van der Waals surface area contributed by atoms with Gasteiger partial charge in [0, 0.05) is 7.05 Å². The summed E-state index contributed by atoms with van der Waals surface area (Å²) in [6.07, 6.45) is 0. The lowest BCUT2D eigenvalue weighted by molar-refractivity contribution is -0.116. The molecule has 0 aromatic heterocycles. The third-order valence-corrected chi connectivity index (χ3v) is 6.73. The highest BCUT2D eigenvalue weighted by Crippen LogP contribution is 2.19. The van der Waals surface area contributed by atoms with Gasteiger partial charge in [-0.15, -0.1) is 0 Å². The van der Waals surface area contributed by atoms with Gasteiger partial charge in [0.25, 0.3) is 5.91 Å². The van der Waals surface area contributed by atoms with Crippen molar-refractivity contribution >= 4 is 27.5 Å². The highest BCUT2D eigenvalue weighted by Gasteiger charge is 2.23. The molecule has 0 radical (unpaired) electrons. The van der Waals surface area contributed by atoms with E-state index in [4.69, 9.17) is 0 Å². The number of sulfonamides is 1. The Morgan fingerprint density at radius 2 is 1.44 bits per heavy atom. The zero-order valence-corrected chi connectivity index (χ0v) is 18.7. The van der Waals surface area contributed by atoms with E-state index in [2.05, 4.69) is 10.6 Å². The maximum atomic E-state index is 12.8. The third kappa shape index (κ3) is 5.60. The first-order chi connectivity index (χ1) is 15.3. The van der Waals surface area contributed by atoms with Crippen molar-refractivity contribution in [2.45, 2.75) is 17.9 Å². The summed E-state index contributed by atoms with van der Waals surface area (Å²) < 4.78 is 26.2. The van der Waals surface area contributed by atoms with E-state index in [1.54, 1.807) is 42.5 Å². The molecular formula is C24H25N3O4S. The lowest BCUT2D eigenvalue weighted by atomic mass is 10.1. The number of para-hydroxylation sites is 1. The molecule has 0 aliphatic rings. The van der Waals surface area contributed by atoms with Crippen LogP contribution in [0.15, 0.2) is 89.8 Å². The molecule has 0 spiro atoms. The Morgan fingerprint density at radius 3 is 2.09 bits per heavy atom. The minimum Gasteiger partial charge on any atom is -0.345 e. The summed E-state index contributed by atoms with van der Waals surface area (Å²) in [6, 6.07) is 23.8. The molecule has 0 heterocycles. The van der Waals surface area contributed by atoms with Crippen molar-refractivity contribution in [3.8, 4) is 0 Å². The van der Waals surface area contributed by atoms with E-state index in [9.17, 15) is 18.0 Å². The lowest BCUT2D eigenvalue weighted by Gasteiger charge is -2.18. The number of rotatable bonds is 8. The van der Waals surface area contributed by atoms with E-state index in [1.165, 1.54) is 19.2 Å². The smallest absolute Gasteiger partial charge is 0.253 e. The van der Waals surface area contributed by atoms with Gasteiger partial charge in [-0.1, -0.05) is 60.7 Å². The number of hydrogen-bond donors (Lipinski definition) is 2. The van der Waals surface area contributed by atoms with Crippen molar-refractivity contribution in [1.29, 1.82) is 0 Å². The summed E-state index contributed by atoms with van der Waals surface area (Å²) in [6.45, 7) is 1.48. The van der Waals surface area contributed by atoms with E-state index >= 15 is 0 Å². The first-order valence-corrected chi connectivity index (χ1v) is 11.5. The predicted octanol–water partition coefficient (Wildman–Crippen LogP) is 3.44. The van der Waals surface area contributed by atoms with Crippen molar-refractivity contribution in [3.63, 3.8) is 0 Å². The Hall–Kier alpha value is -3.49. The summed E-state index contributed by atoms with van der Waals surface area (Å²) in [5, 5.41) is 5.57. The van der Waals surface area contributed by atoms with Crippen molar-refractivity contribution in [3.05, 3.63) is 96.1 Å². The van der Waals surface area contributed by atoms with Gasteiger partial charge in [0.1, 0.15) is 0 Å². The van der Waals surface area contributed by atoms with E-state index in [0.29, 0.717) is 5.69 Å². The monoisotopic (exact) mass is 451 g/mol. The number of likely N-dealkylation sites (N-methyl/N-ethyl adjacent to an activating group) is 1. The van der Waals surface area contributed by atoms with Gasteiger partial charge in [0.05, 0.1) is 28.7 Å². The molecule has 2 N–H and O–H groups in total. The summed E-state index contributed by atoms with van der Waals surface area (Å²) >= 11 is 0. The van der Waals surface area contributed by atoms with Crippen molar-refractivity contribution in [2.24, 2.45) is 0 Å². The second-order valence-electron chi connectivity index (χ2n) is 7.27. The fraction of sp³-hybridized carbons (Fsp3) is 0.167. The molecule has 0 unspecified atom stereocenters. The zero-order valence-electron chi connectivity index (χ0n) is 17.9. The van der Waals surface area contributed by atoms with Gasteiger partial charge in [-0.3, -0.25) is 9.59 Å². The Kier molecular flexibility index (Phi) is 7.40. The normalized spacial score (nSPS) is 12.2. The number of amides is 2. The number of hydrogen-bond acceptors (Lipinski definition) is 4. The first kappa shape index (κ1) is 23.2. The maximum Gasteiger partial charge on any atom is 0.253 e. The zero-order chi connectivity index (χ0) is 23.1. The summed E-state index contributed by atoms with van der Waals surface area (Å²) in [5.41, 5.74) is 1.55. The molecule has 3 aromatic carbocycles. The average Bonchev–Trinajstić information content (AvgIpc) is 2.80. The first-order valence-electron chi connectivity index (χ1n) is 10.0. The fourth-order valence-corrected chi connectivity index (χ4v) is 4.29. The molecule has 0 fully saturated rings. The molecule has 0 aliphatic carbocycles. The Bertz CT molecular complexity index is 1180. The Morgan fingerprint density at radius 1 is 0.875 bits per heavy atom. The third-order valence-electron chi connectivity index (χ3n) is 4.91. The van der Waals surface area contributed by atoms with Crippen LogP contribution in [0.1, 0.15) is 28.9 Å². The van der Waals surface area contributed by atoms with Crippen LogP contribution in [0.4, 0.5) is 5.69 Å². The van der Waals surface area contributed by atoms with Crippen LogP contribution in [0.3, 0.4) is 0 Å². The van der Waals surface area contributed by atoms with Gasteiger partial charge in [-0.2, -0.15) is 4.31 Å². The standard InChI is InChI=1S/C24H25N3O4S/c1-18(19-11-5-3-6-12-19)25-24(29)21-15-9-10-16-22(21)26-23(28)17-27(2)32(30,31)20-13-7-4-8-14-20/h3-16,18H,17H2,1-2H3,(H,25,29)(H,26,28)/t18-/m1/s1. The van der Waals surface area contributed by atoms with E-state index in [0.717, 1.165) is 9.87 Å². The number of anilines is 1. The quantitative estimate of drug-likeness (QED) is 0.548. The van der Waals surface area contributed by atoms with Crippen LogP contribution in [0.2, 0.25) is 0 Å². The molecule has 3 aromatic rings. The summed E-state index contributed by atoms with van der Waals surface area (Å²) in [4.78, 5) is 25.5. The highest BCUT2D eigenvalue weighted by atomic mass is 32.2. The lowest BCUT2D eigenvalue weighted by Crippen LogP contribution is -2.35. The summed E-state index contributed by atoms with van der Waals surface area (Å²) in [7, 11) is -2.47. The summed E-state index contributed by atoms with van der Waals surface area (Å²) in [5.74, 6) is -0.897. The molecule has 0 saturated carbocycles. The van der Waals surface area contributed by atoms with Gasteiger partial charge in [-0.25, -0.2) is 8.42 Å². The average molecular weight is 452 g/mol. The van der Waals surface area contributed by atoms with E-state index in [1.807, 2.05) is 37.3 Å². The number of carbonyl (C=O) groups is 2. The molecule has 0 saturated heterocycles. The minimum atomic E-state index is -3.81. The molecule has 8 heteroatoms. The van der Waals surface area contributed by atoms with Gasteiger partial charge in [0.2, 0.25) is 15.9 Å². The van der Waals surface area contributed by atoms with E-state index < -0.39 is 22.5 Å². The molecular weight excluding hydrogens is 426 g/mol. The SMILES string of the molecule is C[C@@H](NC(=O)c1ccccc1NC(=O)CN(C)S(=O)(=O)c1ccccc1)c1ccccc1. The second-order valence-corrected chi connectivity index (χ2v) is 9.32. The molecule has 0 bridgehead atoms. The van der Waals surface area contributed by atoms with Crippen LogP contribution in [0.5, 0.6) is 0 Å². The van der Waals surface area contributed by atoms with Gasteiger partial charge in [0.15, 0.2) is 0 Å². The number of carbonyl (C=O) groups excluding carboxylic acids is 2. The highest BCUT2D eigenvalue weighted by molar-refractivity contribution is 7.89. The fourth-order valence-electron chi connectivity index (χ4n) is 3.14. The molecule has 3 rings (SSSR count). The topological polar surface area (TPSA) is 95.6 Å². The van der Waals surface area contributed by atoms with Crippen molar-refractivity contribution in [2.75, 3.05) is 18.9 Å². The number of benzene rings is 3. The van der Waals surface area contributed by atoms with Crippen molar-refractivity contribution in [1.82, 2.24) is 9.62 Å². The van der Waals surface area contributed by atoms with Crippen LogP contribution in [0, 0.1) is 0 Å². The number of nitrogens with one attached hydrogen (secondary N) is 2. The largest absolute Gasteiger partial charge is 0.345 e. The molecule has 7 nitrogen and oxygen atoms in total. The predicted molar refractivity (Wildman–Crippen MR) is 124 cm³/mol. The van der Waals surface area contributed by atoms with Gasteiger partial charge < -0.3 is 10.6 Å². The van der Waals surface area contributed by atoms with Gasteiger partial charge in [-0.05, 0) is 36.8 Å². The van der Waals surface area contributed by atoms with E-state index in [-0.39, 0.29) is 22.4 Å². The maximum absolute atomic E-state index is 12.8. The second kappa shape index (κ2) is 10.2. The Labute approximate surface area is 188 Å². The molecule has 32 heavy (non-hydrogen) atoms. The van der Waals surface area contributed by atoms with Crippen LogP contribution < -0.4 is 10.6 Å². The molecule has 2 amide bonds.